The van der Waals surface area contributed by atoms with Gasteiger partial charge in [-0.25, -0.2) is 0 Å². The molecule has 0 bridgehead atoms. The summed E-state index contributed by atoms with van der Waals surface area (Å²) in [6.07, 6.45) is 1.76. The highest BCUT2D eigenvalue weighted by Gasteiger charge is 2.24. The number of methoxy groups -OCH3 is 1. The molecule has 0 radical (unpaired) electrons. The summed E-state index contributed by atoms with van der Waals surface area (Å²) < 4.78 is 5.30. The smallest absolute Gasteiger partial charge is 0.142 e. The normalized spacial score (nSPS) is 14.9. The topological polar surface area (TPSA) is 60.2 Å². The van der Waals surface area contributed by atoms with Gasteiger partial charge in [0.2, 0.25) is 0 Å². The van der Waals surface area contributed by atoms with E-state index in [2.05, 4.69) is 31.2 Å². The minimum Gasteiger partial charge on any atom is -0.495 e. The van der Waals surface area contributed by atoms with Gasteiger partial charge in [0.15, 0.2) is 0 Å². The van der Waals surface area contributed by atoms with Gasteiger partial charge in [0.1, 0.15) is 11.4 Å². The first kappa shape index (κ1) is 12.9. The van der Waals surface area contributed by atoms with Crippen LogP contribution < -0.4 is 16.0 Å². The summed E-state index contributed by atoms with van der Waals surface area (Å²) in [5, 5.41) is 0. The summed E-state index contributed by atoms with van der Waals surface area (Å²) in [4.78, 5) is 4.36. The first-order valence-corrected chi connectivity index (χ1v) is 5.56. The van der Waals surface area contributed by atoms with Gasteiger partial charge in [-0.05, 0) is 24.0 Å². The van der Waals surface area contributed by atoms with Crippen molar-refractivity contribution in [2.45, 2.75) is 26.8 Å². The maximum atomic E-state index is 5.62. The quantitative estimate of drug-likeness (QED) is 0.591. The predicted octanol–water partition coefficient (Wildman–Crippen LogP) is 1.89. The number of ether oxygens (including phenoxy) is 1. The van der Waals surface area contributed by atoms with Gasteiger partial charge < -0.3 is 4.74 Å². The number of hydrogen-bond acceptors (Lipinski definition) is 4. The minimum absolute atomic E-state index is 0.0103. The number of rotatable bonds is 5. The molecule has 90 valence electrons. The van der Waals surface area contributed by atoms with Crippen molar-refractivity contribution in [3.8, 4) is 5.75 Å². The number of pyridine rings is 1. The lowest BCUT2D eigenvalue weighted by atomic mass is 9.88. The third kappa shape index (κ3) is 2.71. The molecule has 0 aliphatic rings. The molecule has 3 N–H and O–H groups in total. The van der Waals surface area contributed by atoms with Crippen LogP contribution in [0, 0.1) is 11.8 Å². The van der Waals surface area contributed by atoms with Gasteiger partial charge in [0.25, 0.3) is 0 Å². The molecule has 0 saturated heterocycles. The fourth-order valence-corrected chi connectivity index (χ4v) is 1.67. The number of hydrogen-bond donors (Lipinski definition) is 2. The van der Waals surface area contributed by atoms with E-state index in [0.717, 1.165) is 11.4 Å². The molecule has 4 nitrogen and oxygen atoms in total. The molecule has 2 atom stereocenters. The molecular formula is C12H21N3O. The van der Waals surface area contributed by atoms with Crippen LogP contribution in [0.2, 0.25) is 0 Å². The van der Waals surface area contributed by atoms with Gasteiger partial charge in [0, 0.05) is 6.20 Å². The van der Waals surface area contributed by atoms with Crippen molar-refractivity contribution < 1.29 is 4.74 Å². The fourth-order valence-electron chi connectivity index (χ4n) is 1.67. The van der Waals surface area contributed by atoms with Crippen LogP contribution in [0.1, 0.15) is 32.5 Å². The number of hydrazine groups is 1. The molecule has 0 aliphatic heterocycles. The largest absolute Gasteiger partial charge is 0.495 e. The van der Waals surface area contributed by atoms with E-state index in [1.165, 1.54) is 0 Å². The molecule has 0 fully saturated rings. The summed E-state index contributed by atoms with van der Waals surface area (Å²) in [5.41, 5.74) is 3.70. The third-order valence-corrected chi connectivity index (χ3v) is 3.07. The second kappa shape index (κ2) is 5.82. The monoisotopic (exact) mass is 223 g/mol. The lowest BCUT2D eigenvalue weighted by Gasteiger charge is -2.26. The van der Waals surface area contributed by atoms with Crippen molar-refractivity contribution in [3.63, 3.8) is 0 Å². The van der Waals surface area contributed by atoms with Crippen molar-refractivity contribution in [2.75, 3.05) is 7.11 Å². The zero-order valence-electron chi connectivity index (χ0n) is 10.4. The molecule has 1 aromatic rings. The van der Waals surface area contributed by atoms with Gasteiger partial charge in [-0.15, -0.1) is 0 Å². The van der Waals surface area contributed by atoms with Crippen LogP contribution in [0.15, 0.2) is 18.3 Å². The molecule has 1 heterocycles. The molecular weight excluding hydrogens is 202 g/mol. The molecule has 2 unspecified atom stereocenters. The number of nitrogens with one attached hydrogen (secondary N) is 1. The summed E-state index contributed by atoms with van der Waals surface area (Å²) in [5.74, 6) is 7.30. The third-order valence-electron chi connectivity index (χ3n) is 3.07. The summed E-state index contributed by atoms with van der Waals surface area (Å²) >= 11 is 0. The van der Waals surface area contributed by atoms with Crippen LogP contribution in [0.4, 0.5) is 0 Å². The number of aromatic nitrogens is 1. The van der Waals surface area contributed by atoms with Crippen LogP contribution in [-0.4, -0.2) is 12.1 Å². The molecule has 0 saturated carbocycles. The lowest BCUT2D eigenvalue weighted by Crippen LogP contribution is -2.35. The number of nitrogens with two attached hydrogens (primary N) is 1. The SMILES string of the molecule is COc1cccnc1C(NN)C(C)C(C)C. The zero-order chi connectivity index (χ0) is 12.1. The molecule has 1 aromatic heterocycles. The summed E-state index contributed by atoms with van der Waals surface area (Å²) in [6, 6.07) is 3.77. The van der Waals surface area contributed by atoms with Gasteiger partial charge in [-0.2, -0.15) is 0 Å². The van der Waals surface area contributed by atoms with Gasteiger partial charge in [-0.3, -0.25) is 16.3 Å². The Morgan fingerprint density at radius 3 is 2.56 bits per heavy atom. The second-order valence-electron chi connectivity index (χ2n) is 4.34. The first-order valence-electron chi connectivity index (χ1n) is 5.56. The van der Waals surface area contributed by atoms with E-state index in [-0.39, 0.29) is 6.04 Å². The highest BCUT2D eigenvalue weighted by atomic mass is 16.5. The highest BCUT2D eigenvalue weighted by molar-refractivity contribution is 5.29. The minimum atomic E-state index is 0.0103. The van der Waals surface area contributed by atoms with E-state index < -0.39 is 0 Å². The van der Waals surface area contributed by atoms with Gasteiger partial charge in [0.05, 0.1) is 13.2 Å². The van der Waals surface area contributed by atoms with E-state index in [4.69, 9.17) is 10.6 Å². The van der Waals surface area contributed by atoms with Crippen molar-refractivity contribution in [1.82, 2.24) is 10.4 Å². The van der Waals surface area contributed by atoms with Gasteiger partial charge in [-0.1, -0.05) is 20.8 Å². The molecule has 0 spiro atoms. The van der Waals surface area contributed by atoms with Crippen LogP contribution in [0.25, 0.3) is 0 Å². The lowest BCUT2D eigenvalue weighted by molar-refractivity contribution is 0.290. The van der Waals surface area contributed by atoms with Crippen LogP contribution >= 0.6 is 0 Å². The Morgan fingerprint density at radius 1 is 1.38 bits per heavy atom. The Kier molecular flexibility index (Phi) is 4.71. The van der Waals surface area contributed by atoms with Crippen molar-refractivity contribution in [1.29, 1.82) is 0 Å². The van der Waals surface area contributed by atoms with E-state index >= 15 is 0 Å². The average molecular weight is 223 g/mol. The highest BCUT2D eigenvalue weighted by Crippen LogP contribution is 2.30. The Bertz CT molecular complexity index is 328. The van der Waals surface area contributed by atoms with E-state index in [1.54, 1.807) is 13.3 Å². The Labute approximate surface area is 97.2 Å². The van der Waals surface area contributed by atoms with Crippen LogP contribution in [0.5, 0.6) is 5.75 Å². The molecule has 0 amide bonds. The Morgan fingerprint density at radius 2 is 2.06 bits per heavy atom. The maximum Gasteiger partial charge on any atom is 0.142 e. The van der Waals surface area contributed by atoms with Gasteiger partial charge >= 0.3 is 0 Å². The van der Waals surface area contributed by atoms with E-state index in [9.17, 15) is 0 Å². The zero-order valence-corrected chi connectivity index (χ0v) is 10.4. The van der Waals surface area contributed by atoms with Crippen LogP contribution in [-0.2, 0) is 0 Å². The standard InChI is InChI=1S/C12H21N3O/c1-8(2)9(3)11(15-13)12-10(16-4)6-5-7-14-12/h5-9,11,15H,13H2,1-4H3. The second-order valence-corrected chi connectivity index (χ2v) is 4.34. The summed E-state index contributed by atoms with van der Waals surface area (Å²) in [7, 11) is 1.65. The van der Waals surface area contributed by atoms with E-state index in [1.807, 2.05) is 12.1 Å². The first-order chi connectivity index (χ1) is 7.61. The van der Waals surface area contributed by atoms with E-state index in [0.29, 0.717) is 11.8 Å². The summed E-state index contributed by atoms with van der Waals surface area (Å²) in [6.45, 7) is 6.50. The molecule has 1 rings (SSSR count). The van der Waals surface area contributed by atoms with Crippen LogP contribution in [0.3, 0.4) is 0 Å². The average Bonchev–Trinajstić information content (AvgIpc) is 2.30. The Hall–Kier alpha value is -1.13. The number of nitrogens with zero attached hydrogens (tertiary/aromatic N) is 1. The fraction of sp³-hybridized carbons (Fsp3) is 0.583. The maximum absolute atomic E-state index is 5.62. The molecule has 0 aliphatic carbocycles. The molecule has 4 heteroatoms. The molecule has 0 aromatic carbocycles. The van der Waals surface area contributed by atoms with Crippen molar-refractivity contribution in [2.24, 2.45) is 17.7 Å². The Balaban J connectivity index is 3.03. The van der Waals surface area contributed by atoms with Crippen molar-refractivity contribution in [3.05, 3.63) is 24.0 Å². The molecule has 16 heavy (non-hydrogen) atoms. The van der Waals surface area contributed by atoms with Crippen molar-refractivity contribution >= 4 is 0 Å². The predicted molar refractivity (Wildman–Crippen MR) is 64.9 cm³/mol.